The van der Waals surface area contributed by atoms with Crippen molar-refractivity contribution < 1.29 is 12.8 Å². The molecule has 1 aromatic carbocycles. The van der Waals surface area contributed by atoms with E-state index in [1.165, 1.54) is 12.1 Å². The van der Waals surface area contributed by atoms with Crippen LogP contribution in [0.15, 0.2) is 29.2 Å². The summed E-state index contributed by atoms with van der Waals surface area (Å²) in [6, 6.07) is 4.80. The van der Waals surface area contributed by atoms with Crippen molar-refractivity contribution >= 4 is 26.0 Å². The van der Waals surface area contributed by atoms with E-state index in [1.54, 1.807) is 0 Å². The molecule has 0 aliphatic heterocycles. The van der Waals surface area contributed by atoms with Crippen molar-refractivity contribution in [3.63, 3.8) is 0 Å². The van der Waals surface area contributed by atoms with Crippen molar-refractivity contribution in [1.82, 2.24) is 4.72 Å². The first kappa shape index (κ1) is 16.6. The van der Waals surface area contributed by atoms with E-state index in [9.17, 15) is 12.8 Å². The highest BCUT2D eigenvalue weighted by Gasteiger charge is 2.19. The zero-order chi connectivity index (χ0) is 14.5. The second-order valence-electron chi connectivity index (χ2n) is 4.40. The van der Waals surface area contributed by atoms with Gasteiger partial charge in [-0.25, -0.2) is 17.5 Å². The van der Waals surface area contributed by atoms with E-state index in [0.717, 1.165) is 25.0 Å². The SMILES string of the molecule is CCC(CC)C(Br)CNS(=O)(=O)c1ccc(F)cc1. The number of hydrogen-bond acceptors (Lipinski definition) is 2. The third-order valence-corrected chi connectivity index (χ3v) is 5.66. The van der Waals surface area contributed by atoms with Gasteiger partial charge in [0.1, 0.15) is 5.82 Å². The van der Waals surface area contributed by atoms with Gasteiger partial charge in [-0.05, 0) is 30.2 Å². The molecule has 1 aromatic rings. The number of hydrogen-bond donors (Lipinski definition) is 1. The highest BCUT2D eigenvalue weighted by atomic mass is 79.9. The van der Waals surface area contributed by atoms with Gasteiger partial charge in [0.25, 0.3) is 0 Å². The van der Waals surface area contributed by atoms with Crippen LogP contribution in [0.4, 0.5) is 4.39 Å². The summed E-state index contributed by atoms with van der Waals surface area (Å²) in [6.07, 6.45) is 1.98. The van der Waals surface area contributed by atoms with Crippen LogP contribution in [-0.2, 0) is 10.0 Å². The molecule has 1 rings (SSSR count). The lowest BCUT2D eigenvalue weighted by Gasteiger charge is -2.19. The molecule has 0 saturated carbocycles. The lowest BCUT2D eigenvalue weighted by atomic mass is 10.00. The molecule has 0 amide bonds. The monoisotopic (exact) mass is 351 g/mol. The van der Waals surface area contributed by atoms with Crippen LogP contribution in [0, 0.1) is 11.7 Å². The van der Waals surface area contributed by atoms with Crippen LogP contribution in [0.25, 0.3) is 0 Å². The van der Waals surface area contributed by atoms with Gasteiger partial charge in [0.15, 0.2) is 0 Å². The number of sulfonamides is 1. The summed E-state index contributed by atoms with van der Waals surface area (Å²) in [5.41, 5.74) is 0. The molecule has 0 fully saturated rings. The Morgan fingerprint density at radius 2 is 1.74 bits per heavy atom. The Morgan fingerprint density at radius 3 is 2.21 bits per heavy atom. The maximum atomic E-state index is 12.8. The van der Waals surface area contributed by atoms with Crippen LogP contribution >= 0.6 is 15.9 Å². The highest BCUT2D eigenvalue weighted by Crippen LogP contribution is 2.20. The minimum absolute atomic E-state index is 0.0816. The molecule has 1 N–H and O–H groups in total. The summed E-state index contributed by atoms with van der Waals surface area (Å²) in [5, 5.41) is 0. The standard InChI is InChI=1S/C13H19BrFNO2S/c1-3-10(4-2)13(14)9-16-19(17,18)12-7-5-11(15)6-8-12/h5-8,10,13,16H,3-4,9H2,1-2H3. The zero-order valence-corrected chi connectivity index (χ0v) is 13.5. The zero-order valence-electron chi connectivity index (χ0n) is 11.1. The average Bonchev–Trinajstić information content (AvgIpc) is 2.38. The Balaban J connectivity index is 2.68. The van der Waals surface area contributed by atoms with Gasteiger partial charge in [-0.1, -0.05) is 42.6 Å². The Labute approximate surface area is 122 Å². The van der Waals surface area contributed by atoms with Crippen molar-refractivity contribution in [3.8, 4) is 0 Å². The molecule has 1 atom stereocenters. The van der Waals surface area contributed by atoms with Crippen molar-refractivity contribution in [1.29, 1.82) is 0 Å². The third-order valence-electron chi connectivity index (χ3n) is 3.15. The van der Waals surface area contributed by atoms with E-state index in [2.05, 4.69) is 34.5 Å². The molecule has 0 aliphatic carbocycles. The first-order valence-electron chi connectivity index (χ1n) is 6.30. The summed E-state index contributed by atoms with van der Waals surface area (Å²) in [5.74, 6) is -0.0229. The summed E-state index contributed by atoms with van der Waals surface area (Å²) in [6.45, 7) is 4.49. The van der Waals surface area contributed by atoms with E-state index in [1.807, 2.05) is 0 Å². The van der Waals surface area contributed by atoms with Crippen LogP contribution in [0.5, 0.6) is 0 Å². The maximum Gasteiger partial charge on any atom is 0.240 e. The number of alkyl halides is 1. The molecule has 1 unspecified atom stereocenters. The normalized spacial score (nSPS) is 13.7. The van der Waals surface area contributed by atoms with Crippen LogP contribution in [0.1, 0.15) is 26.7 Å². The van der Waals surface area contributed by atoms with Crippen molar-refractivity contribution in [3.05, 3.63) is 30.1 Å². The Kier molecular flexibility index (Phi) is 6.42. The molecular weight excluding hydrogens is 333 g/mol. The fraction of sp³-hybridized carbons (Fsp3) is 0.538. The smallest absolute Gasteiger partial charge is 0.210 e. The summed E-state index contributed by atoms with van der Waals surface area (Å²) in [4.78, 5) is 0.177. The molecule has 0 spiro atoms. The van der Waals surface area contributed by atoms with Crippen molar-refractivity contribution in [2.24, 2.45) is 5.92 Å². The molecule has 0 heterocycles. The van der Waals surface area contributed by atoms with Gasteiger partial charge in [0.05, 0.1) is 4.90 Å². The highest BCUT2D eigenvalue weighted by molar-refractivity contribution is 9.09. The Bertz CT molecular complexity index is 486. The van der Waals surface area contributed by atoms with Gasteiger partial charge in [0.2, 0.25) is 10.0 Å². The van der Waals surface area contributed by atoms with Gasteiger partial charge >= 0.3 is 0 Å². The number of halogens is 2. The Hall–Kier alpha value is -0.460. The van der Waals surface area contributed by atoms with Crippen LogP contribution in [0.2, 0.25) is 0 Å². The van der Waals surface area contributed by atoms with E-state index in [-0.39, 0.29) is 9.72 Å². The lowest BCUT2D eigenvalue weighted by Crippen LogP contribution is -2.32. The van der Waals surface area contributed by atoms with Crippen LogP contribution < -0.4 is 4.72 Å². The van der Waals surface area contributed by atoms with Crippen LogP contribution in [-0.4, -0.2) is 19.8 Å². The van der Waals surface area contributed by atoms with E-state index in [0.29, 0.717) is 12.5 Å². The second kappa shape index (κ2) is 7.36. The molecule has 6 heteroatoms. The van der Waals surface area contributed by atoms with E-state index < -0.39 is 15.8 Å². The second-order valence-corrected chi connectivity index (χ2v) is 7.34. The summed E-state index contributed by atoms with van der Waals surface area (Å²) < 4.78 is 39.3. The molecule has 19 heavy (non-hydrogen) atoms. The molecule has 0 aromatic heterocycles. The van der Waals surface area contributed by atoms with Crippen LogP contribution in [0.3, 0.4) is 0 Å². The lowest BCUT2D eigenvalue weighted by molar-refractivity contribution is 0.471. The minimum Gasteiger partial charge on any atom is -0.210 e. The van der Waals surface area contributed by atoms with Gasteiger partial charge in [-0.15, -0.1) is 0 Å². The largest absolute Gasteiger partial charge is 0.240 e. The molecule has 0 radical (unpaired) electrons. The fourth-order valence-electron chi connectivity index (χ4n) is 1.85. The predicted molar refractivity (Wildman–Crippen MR) is 78.4 cm³/mol. The molecular formula is C13H19BrFNO2S. The number of rotatable bonds is 7. The topological polar surface area (TPSA) is 46.2 Å². The number of nitrogens with one attached hydrogen (secondary N) is 1. The summed E-state index contributed by atoms with van der Waals surface area (Å²) in [7, 11) is -3.57. The average molecular weight is 352 g/mol. The van der Waals surface area contributed by atoms with Gasteiger partial charge in [0, 0.05) is 11.4 Å². The third kappa shape index (κ3) is 4.85. The predicted octanol–water partition coefficient (Wildman–Crippen LogP) is 3.30. The minimum atomic E-state index is -3.57. The Morgan fingerprint density at radius 1 is 1.21 bits per heavy atom. The molecule has 108 valence electrons. The molecule has 0 aliphatic rings. The first-order valence-corrected chi connectivity index (χ1v) is 8.69. The van der Waals surface area contributed by atoms with Gasteiger partial charge < -0.3 is 0 Å². The quantitative estimate of drug-likeness (QED) is 0.766. The van der Waals surface area contributed by atoms with E-state index in [4.69, 9.17) is 0 Å². The molecule has 0 saturated heterocycles. The van der Waals surface area contributed by atoms with E-state index >= 15 is 0 Å². The molecule has 3 nitrogen and oxygen atoms in total. The summed E-state index contributed by atoms with van der Waals surface area (Å²) >= 11 is 3.51. The fourth-order valence-corrected chi connectivity index (χ4v) is 4.04. The molecule has 0 bridgehead atoms. The van der Waals surface area contributed by atoms with Crippen molar-refractivity contribution in [2.45, 2.75) is 36.4 Å². The first-order chi connectivity index (χ1) is 8.90. The number of benzene rings is 1. The van der Waals surface area contributed by atoms with Gasteiger partial charge in [-0.3, -0.25) is 0 Å². The van der Waals surface area contributed by atoms with Gasteiger partial charge in [-0.2, -0.15) is 0 Å². The maximum absolute atomic E-state index is 12.8. The van der Waals surface area contributed by atoms with Crippen molar-refractivity contribution in [2.75, 3.05) is 6.54 Å².